The van der Waals surface area contributed by atoms with Gasteiger partial charge in [-0.05, 0) is 25.2 Å². The lowest BCUT2D eigenvalue weighted by atomic mass is 9.76. The van der Waals surface area contributed by atoms with Crippen LogP contribution in [0.5, 0.6) is 0 Å². The third-order valence-electron chi connectivity index (χ3n) is 3.96. The Morgan fingerprint density at radius 1 is 1.25 bits per heavy atom. The zero-order valence-corrected chi connectivity index (χ0v) is 9.74. The van der Waals surface area contributed by atoms with Gasteiger partial charge in [-0.2, -0.15) is 0 Å². The van der Waals surface area contributed by atoms with Gasteiger partial charge >= 0.3 is 0 Å². The van der Waals surface area contributed by atoms with E-state index < -0.39 is 0 Å². The van der Waals surface area contributed by atoms with Crippen LogP contribution < -0.4 is 0 Å². The van der Waals surface area contributed by atoms with Gasteiger partial charge in [0, 0.05) is 12.8 Å². The zero-order valence-electron chi connectivity index (χ0n) is 9.74. The number of aliphatic hydroxyl groups excluding tert-OH is 1. The lowest BCUT2D eigenvalue weighted by Gasteiger charge is -2.39. The molecular weight excluding hydrogens is 206 g/mol. The van der Waals surface area contributed by atoms with E-state index in [-0.39, 0.29) is 29.9 Å². The molecule has 0 aromatic rings. The number of hydrogen-bond acceptors (Lipinski definition) is 3. The van der Waals surface area contributed by atoms with Crippen LogP contribution in [-0.4, -0.2) is 34.5 Å². The molecule has 1 N–H and O–H groups in total. The largest absolute Gasteiger partial charge is 0.394 e. The summed E-state index contributed by atoms with van der Waals surface area (Å²) in [5.74, 6) is -0.195. The second kappa shape index (κ2) is 4.17. The molecule has 0 aromatic heterocycles. The standard InChI is InChI=1S/C12H19NO3/c1-9(8-14)13-10(15)6-12(7-11(13)16)4-2-3-5-12/h9,14H,2-8H2,1H3/t9-/m0/s1. The average molecular weight is 225 g/mol. The molecule has 1 spiro atoms. The third-order valence-corrected chi connectivity index (χ3v) is 3.96. The molecule has 2 fully saturated rings. The summed E-state index contributed by atoms with van der Waals surface area (Å²) in [6.07, 6.45) is 5.26. The summed E-state index contributed by atoms with van der Waals surface area (Å²) in [7, 11) is 0. The third kappa shape index (κ3) is 1.86. The summed E-state index contributed by atoms with van der Waals surface area (Å²) in [6, 6.07) is -0.376. The Morgan fingerprint density at radius 2 is 1.75 bits per heavy atom. The lowest BCUT2D eigenvalue weighted by Crippen LogP contribution is -2.52. The SMILES string of the molecule is C[C@@H](CO)N1C(=O)CC2(CCCC2)CC1=O. The fourth-order valence-electron chi connectivity index (χ4n) is 3.07. The van der Waals surface area contributed by atoms with Crippen molar-refractivity contribution in [3.63, 3.8) is 0 Å². The highest BCUT2D eigenvalue weighted by Crippen LogP contribution is 2.47. The zero-order chi connectivity index (χ0) is 11.8. The van der Waals surface area contributed by atoms with Crippen molar-refractivity contribution in [3.05, 3.63) is 0 Å². The minimum absolute atomic E-state index is 0.0418. The number of amides is 2. The molecule has 1 aliphatic heterocycles. The fraction of sp³-hybridized carbons (Fsp3) is 0.833. The fourth-order valence-corrected chi connectivity index (χ4v) is 3.07. The predicted molar refractivity (Wildman–Crippen MR) is 58.5 cm³/mol. The van der Waals surface area contributed by atoms with Gasteiger partial charge in [0.15, 0.2) is 0 Å². The first-order valence-electron chi connectivity index (χ1n) is 6.04. The molecule has 0 radical (unpaired) electrons. The maximum Gasteiger partial charge on any atom is 0.230 e. The van der Waals surface area contributed by atoms with Crippen LogP contribution in [0.3, 0.4) is 0 Å². The van der Waals surface area contributed by atoms with Gasteiger partial charge in [-0.3, -0.25) is 14.5 Å². The smallest absolute Gasteiger partial charge is 0.230 e. The van der Waals surface area contributed by atoms with Gasteiger partial charge in [0.1, 0.15) is 0 Å². The maximum atomic E-state index is 12.0. The van der Waals surface area contributed by atoms with Gasteiger partial charge < -0.3 is 5.11 Å². The Hall–Kier alpha value is -0.900. The lowest BCUT2D eigenvalue weighted by molar-refractivity contribution is -0.156. The van der Waals surface area contributed by atoms with Gasteiger partial charge in [0.2, 0.25) is 11.8 Å². The van der Waals surface area contributed by atoms with E-state index in [0.29, 0.717) is 12.8 Å². The summed E-state index contributed by atoms with van der Waals surface area (Å²) in [5, 5.41) is 9.03. The molecule has 0 bridgehead atoms. The summed E-state index contributed by atoms with van der Waals surface area (Å²) in [5.41, 5.74) is -0.0418. The van der Waals surface area contributed by atoms with Crippen molar-refractivity contribution >= 4 is 11.8 Å². The molecule has 1 saturated heterocycles. The van der Waals surface area contributed by atoms with Crippen molar-refractivity contribution in [1.82, 2.24) is 4.90 Å². The van der Waals surface area contributed by atoms with Crippen molar-refractivity contribution in [2.45, 2.75) is 51.5 Å². The number of piperidine rings is 1. The van der Waals surface area contributed by atoms with E-state index in [9.17, 15) is 9.59 Å². The normalized spacial score (nSPS) is 26.5. The van der Waals surface area contributed by atoms with Gasteiger partial charge in [-0.15, -0.1) is 0 Å². The Morgan fingerprint density at radius 3 is 2.19 bits per heavy atom. The van der Waals surface area contributed by atoms with Gasteiger partial charge in [-0.25, -0.2) is 0 Å². The number of rotatable bonds is 2. The van der Waals surface area contributed by atoms with Crippen molar-refractivity contribution in [2.24, 2.45) is 5.41 Å². The molecular formula is C12H19NO3. The topological polar surface area (TPSA) is 57.6 Å². The van der Waals surface area contributed by atoms with E-state index in [4.69, 9.17) is 5.11 Å². The van der Waals surface area contributed by atoms with Crippen LogP contribution in [0.2, 0.25) is 0 Å². The van der Waals surface area contributed by atoms with Gasteiger partial charge in [-0.1, -0.05) is 12.8 Å². The van der Waals surface area contributed by atoms with Crippen LogP contribution in [0.15, 0.2) is 0 Å². The molecule has 2 rings (SSSR count). The molecule has 2 aliphatic rings. The second-order valence-electron chi connectivity index (χ2n) is 5.25. The van der Waals surface area contributed by atoms with Gasteiger partial charge in [0.25, 0.3) is 0 Å². The highest BCUT2D eigenvalue weighted by atomic mass is 16.3. The molecule has 0 aromatic carbocycles. The van der Waals surface area contributed by atoms with Crippen molar-refractivity contribution < 1.29 is 14.7 Å². The first-order valence-corrected chi connectivity index (χ1v) is 6.04. The monoisotopic (exact) mass is 225 g/mol. The van der Waals surface area contributed by atoms with E-state index in [1.807, 2.05) is 0 Å². The van der Waals surface area contributed by atoms with Crippen LogP contribution in [0, 0.1) is 5.41 Å². The molecule has 4 heteroatoms. The number of imide groups is 1. The van der Waals surface area contributed by atoms with Crippen LogP contribution in [0.4, 0.5) is 0 Å². The van der Waals surface area contributed by atoms with Crippen molar-refractivity contribution in [2.75, 3.05) is 6.61 Å². The van der Waals surface area contributed by atoms with Crippen molar-refractivity contribution in [3.8, 4) is 0 Å². The Kier molecular flexibility index (Phi) is 3.02. The molecule has 1 aliphatic carbocycles. The molecule has 2 amide bonds. The second-order valence-corrected chi connectivity index (χ2v) is 5.25. The average Bonchev–Trinajstić information content (AvgIpc) is 2.64. The van der Waals surface area contributed by atoms with Crippen LogP contribution >= 0.6 is 0 Å². The summed E-state index contributed by atoms with van der Waals surface area (Å²) in [6.45, 7) is 1.56. The molecule has 0 unspecified atom stereocenters. The first-order chi connectivity index (χ1) is 7.58. The van der Waals surface area contributed by atoms with E-state index in [1.54, 1.807) is 6.92 Å². The molecule has 1 saturated carbocycles. The highest BCUT2D eigenvalue weighted by Gasteiger charge is 2.45. The molecule has 4 nitrogen and oxygen atoms in total. The van der Waals surface area contributed by atoms with Gasteiger partial charge in [0.05, 0.1) is 12.6 Å². The minimum atomic E-state index is -0.376. The van der Waals surface area contributed by atoms with E-state index >= 15 is 0 Å². The number of likely N-dealkylation sites (tertiary alicyclic amines) is 1. The first kappa shape index (κ1) is 11.6. The number of hydrogen-bond donors (Lipinski definition) is 1. The van der Waals surface area contributed by atoms with Crippen LogP contribution in [0.25, 0.3) is 0 Å². The number of carbonyl (C=O) groups excluding carboxylic acids is 2. The maximum absolute atomic E-state index is 12.0. The predicted octanol–water partition coefficient (Wildman–Crippen LogP) is 1.08. The quantitative estimate of drug-likeness (QED) is 0.715. The molecule has 1 atom stereocenters. The Labute approximate surface area is 95.6 Å². The van der Waals surface area contributed by atoms with E-state index in [0.717, 1.165) is 25.7 Å². The molecule has 90 valence electrons. The minimum Gasteiger partial charge on any atom is -0.394 e. The Bertz CT molecular complexity index is 287. The van der Waals surface area contributed by atoms with Crippen LogP contribution in [-0.2, 0) is 9.59 Å². The molecule has 1 heterocycles. The number of carbonyl (C=O) groups is 2. The highest BCUT2D eigenvalue weighted by molar-refractivity contribution is 5.99. The Balaban J connectivity index is 2.13. The summed E-state index contributed by atoms with van der Waals surface area (Å²) >= 11 is 0. The summed E-state index contributed by atoms with van der Waals surface area (Å²) < 4.78 is 0. The number of aliphatic hydroxyl groups is 1. The van der Waals surface area contributed by atoms with E-state index in [2.05, 4.69) is 0 Å². The number of nitrogens with zero attached hydrogens (tertiary/aromatic N) is 1. The van der Waals surface area contributed by atoms with E-state index in [1.165, 1.54) is 4.90 Å². The molecule has 16 heavy (non-hydrogen) atoms. The summed E-state index contributed by atoms with van der Waals surface area (Å²) in [4.78, 5) is 25.2. The van der Waals surface area contributed by atoms with Crippen LogP contribution in [0.1, 0.15) is 45.4 Å². The van der Waals surface area contributed by atoms with Crippen molar-refractivity contribution in [1.29, 1.82) is 0 Å².